The predicted molar refractivity (Wildman–Crippen MR) is 64.3 cm³/mol. The van der Waals surface area contributed by atoms with Crippen molar-refractivity contribution in [2.24, 2.45) is 10.9 Å². The summed E-state index contributed by atoms with van der Waals surface area (Å²) in [5.74, 6) is -1.04. The van der Waals surface area contributed by atoms with Gasteiger partial charge in [0.15, 0.2) is 0 Å². The number of nitrogens with zero attached hydrogens (tertiary/aromatic N) is 1. The van der Waals surface area contributed by atoms with Crippen LogP contribution >= 0.6 is 0 Å². The third kappa shape index (κ3) is 2.18. The first kappa shape index (κ1) is 11.3. The van der Waals surface area contributed by atoms with Gasteiger partial charge in [0.25, 0.3) is 5.91 Å². The van der Waals surface area contributed by atoms with Gasteiger partial charge in [-0.05, 0) is 30.7 Å². The van der Waals surface area contributed by atoms with Crippen molar-refractivity contribution in [3.63, 3.8) is 0 Å². The molecule has 1 heterocycles. The molecule has 1 aromatic rings. The molecular weight excluding hydrogens is 218 g/mol. The molecule has 0 bridgehead atoms. The van der Waals surface area contributed by atoms with E-state index in [-0.39, 0.29) is 11.8 Å². The topological polar surface area (TPSA) is 84.6 Å². The Morgan fingerprint density at radius 2 is 1.94 bits per heavy atom. The van der Waals surface area contributed by atoms with Crippen LogP contribution in [0.4, 0.5) is 5.69 Å². The van der Waals surface area contributed by atoms with Gasteiger partial charge in [0, 0.05) is 11.3 Å². The largest absolute Gasteiger partial charge is 0.399 e. The Kier molecular flexibility index (Phi) is 2.91. The predicted octanol–water partition coefficient (Wildman–Crippen LogP) is 0.698. The van der Waals surface area contributed by atoms with Crippen molar-refractivity contribution in [1.82, 2.24) is 5.32 Å². The number of amides is 2. The molecule has 1 aliphatic rings. The second-order valence-corrected chi connectivity index (χ2v) is 3.87. The Labute approximate surface area is 98.7 Å². The zero-order valence-electron chi connectivity index (χ0n) is 9.43. The number of nitrogens with two attached hydrogens (primary N) is 1. The number of nitrogens with one attached hydrogen (secondary N) is 1. The van der Waals surface area contributed by atoms with Crippen LogP contribution in [0.3, 0.4) is 0 Å². The highest BCUT2D eigenvalue weighted by atomic mass is 16.2. The molecule has 0 saturated heterocycles. The highest BCUT2D eigenvalue weighted by Gasteiger charge is 2.30. The lowest BCUT2D eigenvalue weighted by Gasteiger charge is -2.18. The smallest absolute Gasteiger partial charge is 0.260 e. The van der Waals surface area contributed by atoms with Gasteiger partial charge in [0.1, 0.15) is 11.8 Å². The average Bonchev–Trinajstić information content (AvgIpc) is 2.29. The number of rotatable bonds is 2. The van der Waals surface area contributed by atoms with Gasteiger partial charge in [-0.15, -0.1) is 0 Å². The summed E-state index contributed by atoms with van der Waals surface area (Å²) in [6.45, 7) is 1.78. The van der Waals surface area contributed by atoms with Crippen molar-refractivity contribution < 1.29 is 9.59 Å². The van der Waals surface area contributed by atoms with Crippen molar-refractivity contribution >= 4 is 23.3 Å². The second-order valence-electron chi connectivity index (χ2n) is 3.87. The molecule has 88 valence electrons. The summed E-state index contributed by atoms with van der Waals surface area (Å²) in [6.07, 6.45) is 0.461. The Hall–Kier alpha value is -2.17. The number of carbonyl (C=O) groups excluding carboxylic acids is 2. The summed E-state index contributed by atoms with van der Waals surface area (Å²) < 4.78 is 0. The van der Waals surface area contributed by atoms with Crippen molar-refractivity contribution in [3.05, 3.63) is 29.8 Å². The van der Waals surface area contributed by atoms with Gasteiger partial charge in [-0.1, -0.05) is 6.92 Å². The van der Waals surface area contributed by atoms with Crippen LogP contribution in [0.15, 0.2) is 29.3 Å². The Balaban J connectivity index is 2.32. The Bertz CT molecular complexity index is 491. The lowest BCUT2D eigenvalue weighted by molar-refractivity contribution is -0.133. The van der Waals surface area contributed by atoms with Crippen LogP contribution < -0.4 is 11.1 Å². The Morgan fingerprint density at radius 1 is 1.29 bits per heavy atom. The van der Waals surface area contributed by atoms with E-state index in [1.165, 1.54) is 0 Å². The van der Waals surface area contributed by atoms with Crippen molar-refractivity contribution in [2.75, 3.05) is 5.73 Å². The van der Waals surface area contributed by atoms with Crippen molar-refractivity contribution in [2.45, 2.75) is 13.3 Å². The molecule has 0 saturated carbocycles. The molecule has 2 rings (SSSR count). The van der Waals surface area contributed by atoms with Crippen LogP contribution in [0.2, 0.25) is 0 Å². The zero-order chi connectivity index (χ0) is 12.4. The summed E-state index contributed by atoms with van der Waals surface area (Å²) in [7, 11) is 0. The highest BCUT2D eigenvalue weighted by molar-refractivity contribution is 6.20. The van der Waals surface area contributed by atoms with Gasteiger partial charge in [-0.25, -0.2) is 0 Å². The van der Waals surface area contributed by atoms with E-state index in [1.54, 1.807) is 31.2 Å². The van der Waals surface area contributed by atoms with Crippen molar-refractivity contribution in [1.29, 1.82) is 0 Å². The second kappa shape index (κ2) is 4.37. The molecule has 17 heavy (non-hydrogen) atoms. The fourth-order valence-corrected chi connectivity index (χ4v) is 1.67. The fourth-order valence-electron chi connectivity index (χ4n) is 1.67. The summed E-state index contributed by atoms with van der Waals surface area (Å²) in [4.78, 5) is 27.2. The molecule has 0 aromatic heterocycles. The lowest BCUT2D eigenvalue weighted by atomic mass is 10.0. The van der Waals surface area contributed by atoms with Gasteiger partial charge < -0.3 is 11.1 Å². The molecule has 1 atom stereocenters. The van der Waals surface area contributed by atoms with E-state index in [1.807, 2.05) is 0 Å². The van der Waals surface area contributed by atoms with Gasteiger partial charge in [0.2, 0.25) is 5.91 Å². The molecule has 1 unspecified atom stereocenters. The molecule has 5 heteroatoms. The third-order valence-electron chi connectivity index (χ3n) is 2.67. The SMILES string of the molecule is CCC1C(=O)N=C(c2ccc(N)cc2)NC1=O. The summed E-state index contributed by atoms with van der Waals surface area (Å²) in [5.41, 5.74) is 6.86. The number of aliphatic imine (C=N–C) groups is 1. The van der Waals surface area contributed by atoms with E-state index in [0.29, 0.717) is 23.5 Å². The van der Waals surface area contributed by atoms with Crippen LogP contribution in [0.25, 0.3) is 0 Å². The van der Waals surface area contributed by atoms with E-state index in [9.17, 15) is 9.59 Å². The van der Waals surface area contributed by atoms with Crippen LogP contribution in [0.5, 0.6) is 0 Å². The molecular formula is C12H13N3O2. The first-order chi connectivity index (χ1) is 8.11. The van der Waals surface area contributed by atoms with Gasteiger partial charge >= 0.3 is 0 Å². The number of nitrogen functional groups attached to an aromatic ring is 1. The third-order valence-corrected chi connectivity index (χ3v) is 2.67. The molecule has 0 radical (unpaired) electrons. The van der Waals surface area contributed by atoms with E-state index >= 15 is 0 Å². The quantitative estimate of drug-likeness (QED) is 0.580. The first-order valence-corrected chi connectivity index (χ1v) is 5.41. The molecule has 0 fully saturated rings. The molecule has 0 spiro atoms. The summed E-state index contributed by atoms with van der Waals surface area (Å²) in [6, 6.07) is 6.82. The maximum atomic E-state index is 11.6. The minimum Gasteiger partial charge on any atom is -0.399 e. The van der Waals surface area contributed by atoms with Gasteiger partial charge in [0.05, 0.1) is 0 Å². The normalized spacial score (nSPS) is 19.8. The summed E-state index contributed by atoms with van der Waals surface area (Å²) >= 11 is 0. The van der Waals surface area contributed by atoms with E-state index < -0.39 is 5.92 Å². The molecule has 2 amide bonds. The van der Waals surface area contributed by atoms with Gasteiger partial charge in [-0.3, -0.25) is 9.59 Å². The standard InChI is InChI=1S/C12H13N3O2/c1-2-9-11(16)14-10(15-12(9)17)7-3-5-8(13)6-4-7/h3-6,9H,2,13H2,1H3,(H,14,15,16,17). The first-order valence-electron chi connectivity index (χ1n) is 5.41. The number of anilines is 1. The molecule has 0 aliphatic carbocycles. The summed E-state index contributed by atoms with van der Waals surface area (Å²) in [5, 5.41) is 2.63. The Morgan fingerprint density at radius 3 is 2.47 bits per heavy atom. The number of benzene rings is 1. The highest BCUT2D eigenvalue weighted by Crippen LogP contribution is 2.13. The van der Waals surface area contributed by atoms with E-state index in [2.05, 4.69) is 10.3 Å². The van der Waals surface area contributed by atoms with Crippen LogP contribution in [0, 0.1) is 5.92 Å². The van der Waals surface area contributed by atoms with Gasteiger partial charge in [-0.2, -0.15) is 4.99 Å². The molecule has 1 aliphatic heterocycles. The number of carbonyl (C=O) groups is 2. The fraction of sp³-hybridized carbons (Fsp3) is 0.250. The minimum atomic E-state index is -0.660. The van der Waals surface area contributed by atoms with Crippen LogP contribution in [0.1, 0.15) is 18.9 Å². The maximum absolute atomic E-state index is 11.6. The number of amidine groups is 1. The van der Waals surface area contributed by atoms with Crippen LogP contribution in [-0.4, -0.2) is 17.6 Å². The van der Waals surface area contributed by atoms with Crippen molar-refractivity contribution in [3.8, 4) is 0 Å². The number of hydrogen-bond acceptors (Lipinski definition) is 3. The van der Waals surface area contributed by atoms with Crippen LogP contribution in [-0.2, 0) is 9.59 Å². The molecule has 5 nitrogen and oxygen atoms in total. The molecule has 3 N–H and O–H groups in total. The monoisotopic (exact) mass is 231 g/mol. The van der Waals surface area contributed by atoms with E-state index in [0.717, 1.165) is 0 Å². The van der Waals surface area contributed by atoms with E-state index in [4.69, 9.17) is 5.73 Å². The zero-order valence-corrected chi connectivity index (χ0v) is 9.43. The lowest BCUT2D eigenvalue weighted by Crippen LogP contribution is -2.44. The maximum Gasteiger partial charge on any atom is 0.260 e. The minimum absolute atomic E-state index is 0.292. The number of hydrogen-bond donors (Lipinski definition) is 2. The molecule has 1 aromatic carbocycles. The average molecular weight is 231 g/mol.